The summed E-state index contributed by atoms with van der Waals surface area (Å²) in [7, 11) is 0. The summed E-state index contributed by atoms with van der Waals surface area (Å²) in [6, 6.07) is 3.64. The summed E-state index contributed by atoms with van der Waals surface area (Å²) >= 11 is 5.91. The van der Waals surface area contributed by atoms with Crippen LogP contribution in [0.5, 0.6) is 0 Å². The molecule has 1 saturated carbocycles. The van der Waals surface area contributed by atoms with Gasteiger partial charge in [-0.3, -0.25) is 9.78 Å². The molecule has 0 saturated heterocycles. The zero-order chi connectivity index (χ0) is 11.5. The molecule has 0 radical (unpaired) electrons. The minimum absolute atomic E-state index is 0.171. The van der Waals surface area contributed by atoms with Crippen molar-refractivity contribution in [1.29, 1.82) is 0 Å². The largest absolute Gasteiger partial charge is 0.481 e. The molecule has 16 heavy (non-hydrogen) atoms. The molecule has 0 atom stereocenters. The van der Waals surface area contributed by atoms with Crippen LogP contribution in [0, 0.1) is 5.92 Å². The predicted octanol–water partition coefficient (Wildman–Crippen LogP) is 3.09. The Balaban J connectivity index is 2.01. The van der Waals surface area contributed by atoms with Gasteiger partial charge in [-0.2, -0.15) is 0 Å². The SMILES string of the molecule is O=C(O)[C@H]1CC[C@H](c2cc(Cl)ccn2)CC1. The number of carboxylic acids is 1. The molecule has 0 bridgehead atoms. The lowest BCUT2D eigenvalue weighted by Gasteiger charge is -2.25. The summed E-state index contributed by atoms with van der Waals surface area (Å²) in [6.45, 7) is 0. The van der Waals surface area contributed by atoms with Crippen molar-refractivity contribution in [2.75, 3.05) is 0 Å². The highest BCUT2D eigenvalue weighted by atomic mass is 35.5. The zero-order valence-electron chi connectivity index (χ0n) is 8.90. The van der Waals surface area contributed by atoms with Crippen LogP contribution in [0.15, 0.2) is 18.3 Å². The van der Waals surface area contributed by atoms with E-state index in [1.807, 2.05) is 6.07 Å². The molecule has 0 unspecified atom stereocenters. The van der Waals surface area contributed by atoms with Crippen LogP contribution in [0.1, 0.15) is 37.3 Å². The molecule has 2 rings (SSSR count). The number of carbonyl (C=O) groups is 1. The first kappa shape index (κ1) is 11.4. The molecular formula is C12H14ClNO2. The summed E-state index contributed by atoms with van der Waals surface area (Å²) in [6.07, 6.45) is 4.98. The standard InChI is InChI=1S/C12H14ClNO2/c13-10-5-6-14-11(7-10)8-1-3-9(4-2-8)12(15)16/h5-9H,1-4H2,(H,15,16)/t8-,9-. The van der Waals surface area contributed by atoms with E-state index in [-0.39, 0.29) is 5.92 Å². The average molecular weight is 240 g/mol. The van der Waals surface area contributed by atoms with Crippen LogP contribution in [-0.4, -0.2) is 16.1 Å². The maximum Gasteiger partial charge on any atom is 0.306 e. The molecule has 1 N–H and O–H groups in total. The smallest absolute Gasteiger partial charge is 0.306 e. The summed E-state index contributed by atoms with van der Waals surface area (Å²) in [5.74, 6) is -0.470. The Hall–Kier alpha value is -1.09. The number of hydrogen-bond donors (Lipinski definition) is 1. The van der Waals surface area contributed by atoms with Crippen molar-refractivity contribution < 1.29 is 9.90 Å². The van der Waals surface area contributed by atoms with Gasteiger partial charge in [0.15, 0.2) is 0 Å². The summed E-state index contributed by atoms with van der Waals surface area (Å²) in [5.41, 5.74) is 0.997. The second-order valence-electron chi connectivity index (χ2n) is 4.29. The van der Waals surface area contributed by atoms with Crippen molar-refractivity contribution in [3.63, 3.8) is 0 Å². The highest BCUT2D eigenvalue weighted by Gasteiger charge is 2.27. The van der Waals surface area contributed by atoms with Crippen molar-refractivity contribution >= 4 is 17.6 Å². The van der Waals surface area contributed by atoms with E-state index in [9.17, 15) is 4.79 Å². The molecule has 1 aliphatic rings. The van der Waals surface area contributed by atoms with E-state index in [0.29, 0.717) is 10.9 Å². The maximum absolute atomic E-state index is 10.8. The van der Waals surface area contributed by atoms with E-state index in [1.54, 1.807) is 12.3 Å². The minimum Gasteiger partial charge on any atom is -0.481 e. The molecule has 1 fully saturated rings. The first-order valence-electron chi connectivity index (χ1n) is 5.51. The second-order valence-corrected chi connectivity index (χ2v) is 4.72. The molecule has 1 aliphatic carbocycles. The topological polar surface area (TPSA) is 50.2 Å². The summed E-state index contributed by atoms with van der Waals surface area (Å²) in [4.78, 5) is 15.1. The Labute approximate surface area is 99.5 Å². The number of pyridine rings is 1. The van der Waals surface area contributed by atoms with Gasteiger partial charge in [-0.15, -0.1) is 0 Å². The van der Waals surface area contributed by atoms with E-state index in [1.165, 1.54) is 0 Å². The lowest BCUT2D eigenvalue weighted by molar-refractivity contribution is -0.142. The number of nitrogens with zero attached hydrogens (tertiary/aromatic N) is 1. The molecule has 1 aromatic rings. The zero-order valence-corrected chi connectivity index (χ0v) is 9.65. The van der Waals surface area contributed by atoms with Crippen molar-refractivity contribution in [3.05, 3.63) is 29.0 Å². The lowest BCUT2D eigenvalue weighted by Crippen LogP contribution is -2.20. The van der Waals surface area contributed by atoms with Crippen LogP contribution < -0.4 is 0 Å². The molecule has 3 nitrogen and oxygen atoms in total. The Morgan fingerprint density at radius 1 is 1.38 bits per heavy atom. The predicted molar refractivity (Wildman–Crippen MR) is 61.6 cm³/mol. The number of aliphatic carboxylic acids is 1. The van der Waals surface area contributed by atoms with Gasteiger partial charge in [0.2, 0.25) is 0 Å². The van der Waals surface area contributed by atoms with E-state index in [2.05, 4.69) is 4.98 Å². The van der Waals surface area contributed by atoms with Crippen LogP contribution >= 0.6 is 11.6 Å². The van der Waals surface area contributed by atoms with Crippen LogP contribution in [0.2, 0.25) is 5.02 Å². The van der Waals surface area contributed by atoms with E-state index < -0.39 is 5.97 Å². The van der Waals surface area contributed by atoms with Gasteiger partial charge in [-0.25, -0.2) is 0 Å². The van der Waals surface area contributed by atoms with E-state index in [0.717, 1.165) is 31.4 Å². The Bertz CT molecular complexity index is 386. The average Bonchev–Trinajstić information content (AvgIpc) is 2.29. The molecular weight excluding hydrogens is 226 g/mol. The van der Waals surface area contributed by atoms with Gasteiger partial charge in [-0.1, -0.05) is 11.6 Å². The molecule has 0 spiro atoms. The number of halogens is 1. The molecule has 86 valence electrons. The maximum atomic E-state index is 10.8. The third kappa shape index (κ3) is 2.53. The Morgan fingerprint density at radius 2 is 2.06 bits per heavy atom. The number of rotatable bonds is 2. The molecule has 0 amide bonds. The fourth-order valence-electron chi connectivity index (χ4n) is 2.28. The fourth-order valence-corrected chi connectivity index (χ4v) is 2.45. The normalized spacial score (nSPS) is 25.3. The third-order valence-corrected chi connectivity index (χ3v) is 3.47. The van der Waals surface area contributed by atoms with Gasteiger partial charge in [0.25, 0.3) is 0 Å². The molecule has 0 aliphatic heterocycles. The van der Waals surface area contributed by atoms with Gasteiger partial charge >= 0.3 is 5.97 Å². The van der Waals surface area contributed by atoms with Crippen molar-refractivity contribution in [2.24, 2.45) is 5.92 Å². The van der Waals surface area contributed by atoms with Crippen LogP contribution in [0.3, 0.4) is 0 Å². The molecule has 4 heteroatoms. The van der Waals surface area contributed by atoms with E-state index in [4.69, 9.17) is 16.7 Å². The number of aromatic nitrogens is 1. The third-order valence-electron chi connectivity index (χ3n) is 3.24. The molecule has 1 aromatic heterocycles. The van der Waals surface area contributed by atoms with Crippen LogP contribution in [0.25, 0.3) is 0 Å². The number of carboxylic acid groups (broad SMARTS) is 1. The van der Waals surface area contributed by atoms with Crippen LogP contribution in [0.4, 0.5) is 0 Å². The Morgan fingerprint density at radius 3 is 2.62 bits per heavy atom. The molecule has 1 heterocycles. The van der Waals surface area contributed by atoms with Gasteiger partial charge in [-0.05, 0) is 37.8 Å². The second kappa shape index (κ2) is 4.83. The van der Waals surface area contributed by atoms with Crippen molar-refractivity contribution in [3.8, 4) is 0 Å². The van der Waals surface area contributed by atoms with Gasteiger partial charge < -0.3 is 5.11 Å². The van der Waals surface area contributed by atoms with Gasteiger partial charge in [0.05, 0.1) is 5.92 Å². The fraction of sp³-hybridized carbons (Fsp3) is 0.500. The Kier molecular flexibility index (Phi) is 3.44. The van der Waals surface area contributed by atoms with Gasteiger partial charge in [0.1, 0.15) is 0 Å². The minimum atomic E-state index is -0.669. The summed E-state index contributed by atoms with van der Waals surface area (Å²) in [5, 5.41) is 9.60. The summed E-state index contributed by atoms with van der Waals surface area (Å²) < 4.78 is 0. The molecule has 0 aromatic carbocycles. The van der Waals surface area contributed by atoms with Crippen LogP contribution in [-0.2, 0) is 4.79 Å². The van der Waals surface area contributed by atoms with Crippen molar-refractivity contribution in [1.82, 2.24) is 4.98 Å². The monoisotopic (exact) mass is 239 g/mol. The first-order chi connectivity index (χ1) is 7.66. The van der Waals surface area contributed by atoms with Crippen molar-refractivity contribution in [2.45, 2.75) is 31.6 Å². The van der Waals surface area contributed by atoms with E-state index >= 15 is 0 Å². The highest BCUT2D eigenvalue weighted by molar-refractivity contribution is 6.30. The number of hydrogen-bond acceptors (Lipinski definition) is 2. The lowest BCUT2D eigenvalue weighted by atomic mass is 9.80. The first-order valence-corrected chi connectivity index (χ1v) is 5.89. The quantitative estimate of drug-likeness (QED) is 0.863. The van der Waals surface area contributed by atoms with Gasteiger partial charge in [0, 0.05) is 22.8 Å². The highest BCUT2D eigenvalue weighted by Crippen LogP contribution is 2.35.